The molecule has 1 unspecified atom stereocenters. The molecular weight excluding hydrogens is 248 g/mol. The average molecular weight is 266 g/mol. The summed E-state index contributed by atoms with van der Waals surface area (Å²) in [5, 5.41) is 20.7. The molecule has 0 aliphatic heterocycles. The molecule has 0 radical (unpaired) electrons. The standard InChI is InChI=1S/C13H18N2O4/c1-9(12(17)18)8-15(2)13(19)14-7-10-4-3-5-11(16)6-10/h3-6,9,16H,7-8H2,1-2H3,(H,14,19)(H,17,18). The van der Waals surface area contributed by atoms with E-state index in [0.717, 1.165) is 5.56 Å². The number of aromatic hydroxyl groups is 1. The molecule has 0 saturated carbocycles. The molecular formula is C13H18N2O4. The maximum atomic E-state index is 11.7. The average Bonchev–Trinajstić information content (AvgIpc) is 2.35. The third kappa shape index (κ3) is 4.87. The Kier molecular flexibility index (Phi) is 5.17. The highest BCUT2D eigenvalue weighted by molar-refractivity contribution is 5.75. The van der Waals surface area contributed by atoms with Gasteiger partial charge in [-0.1, -0.05) is 19.1 Å². The number of hydrogen-bond donors (Lipinski definition) is 3. The fourth-order valence-corrected chi connectivity index (χ4v) is 1.55. The van der Waals surface area contributed by atoms with Crippen LogP contribution in [0.3, 0.4) is 0 Å². The van der Waals surface area contributed by atoms with Crippen LogP contribution in [0.5, 0.6) is 5.75 Å². The van der Waals surface area contributed by atoms with Gasteiger partial charge >= 0.3 is 12.0 Å². The number of phenols is 1. The summed E-state index contributed by atoms with van der Waals surface area (Å²) in [6.45, 7) is 1.96. The van der Waals surface area contributed by atoms with E-state index in [-0.39, 0.29) is 24.9 Å². The van der Waals surface area contributed by atoms with Gasteiger partial charge < -0.3 is 20.4 Å². The molecule has 0 bridgehead atoms. The van der Waals surface area contributed by atoms with Crippen molar-refractivity contribution in [2.45, 2.75) is 13.5 Å². The van der Waals surface area contributed by atoms with Gasteiger partial charge in [0.2, 0.25) is 0 Å². The van der Waals surface area contributed by atoms with Crippen LogP contribution in [0.4, 0.5) is 4.79 Å². The maximum Gasteiger partial charge on any atom is 0.317 e. The number of carboxylic acids is 1. The molecule has 0 heterocycles. The van der Waals surface area contributed by atoms with Crippen molar-refractivity contribution >= 4 is 12.0 Å². The number of nitrogens with one attached hydrogen (secondary N) is 1. The normalized spacial score (nSPS) is 11.7. The fourth-order valence-electron chi connectivity index (χ4n) is 1.55. The van der Waals surface area contributed by atoms with Crippen molar-refractivity contribution in [2.24, 2.45) is 5.92 Å². The van der Waals surface area contributed by atoms with Crippen LogP contribution in [0.25, 0.3) is 0 Å². The van der Waals surface area contributed by atoms with Crippen molar-refractivity contribution in [1.29, 1.82) is 0 Å². The van der Waals surface area contributed by atoms with Crippen molar-refractivity contribution in [2.75, 3.05) is 13.6 Å². The van der Waals surface area contributed by atoms with Gasteiger partial charge in [-0.2, -0.15) is 0 Å². The zero-order valence-electron chi connectivity index (χ0n) is 11.0. The molecule has 6 nitrogen and oxygen atoms in total. The lowest BCUT2D eigenvalue weighted by molar-refractivity contribution is -0.141. The van der Waals surface area contributed by atoms with Gasteiger partial charge in [-0.3, -0.25) is 4.79 Å². The zero-order chi connectivity index (χ0) is 14.4. The highest BCUT2D eigenvalue weighted by atomic mass is 16.4. The Morgan fingerprint density at radius 2 is 2.11 bits per heavy atom. The second-order valence-corrected chi connectivity index (χ2v) is 4.45. The molecule has 0 aromatic heterocycles. The van der Waals surface area contributed by atoms with E-state index in [1.807, 2.05) is 0 Å². The van der Waals surface area contributed by atoms with Crippen LogP contribution in [0.15, 0.2) is 24.3 Å². The van der Waals surface area contributed by atoms with Gasteiger partial charge in [0.25, 0.3) is 0 Å². The molecule has 2 amide bonds. The number of carbonyl (C=O) groups is 2. The van der Waals surface area contributed by atoms with Crippen LogP contribution < -0.4 is 5.32 Å². The molecule has 0 aliphatic rings. The van der Waals surface area contributed by atoms with Gasteiger partial charge in [-0.15, -0.1) is 0 Å². The van der Waals surface area contributed by atoms with Gasteiger partial charge in [0, 0.05) is 20.1 Å². The Bertz CT molecular complexity index is 462. The molecule has 0 saturated heterocycles. The number of rotatable bonds is 5. The quantitative estimate of drug-likeness (QED) is 0.748. The number of benzene rings is 1. The van der Waals surface area contributed by atoms with E-state index in [0.29, 0.717) is 0 Å². The number of amides is 2. The summed E-state index contributed by atoms with van der Waals surface area (Å²) in [6, 6.07) is 6.22. The van der Waals surface area contributed by atoms with E-state index in [2.05, 4.69) is 5.32 Å². The topological polar surface area (TPSA) is 89.9 Å². The summed E-state index contributed by atoms with van der Waals surface area (Å²) in [6.07, 6.45) is 0. The summed E-state index contributed by atoms with van der Waals surface area (Å²) >= 11 is 0. The first-order valence-electron chi connectivity index (χ1n) is 5.90. The molecule has 0 fully saturated rings. The van der Waals surface area contributed by atoms with Gasteiger partial charge in [-0.25, -0.2) is 4.79 Å². The molecule has 0 aliphatic carbocycles. The van der Waals surface area contributed by atoms with Crippen molar-refractivity contribution < 1.29 is 19.8 Å². The van der Waals surface area contributed by atoms with Crippen LogP contribution in [0.1, 0.15) is 12.5 Å². The summed E-state index contributed by atoms with van der Waals surface area (Å²) < 4.78 is 0. The highest BCUT2D eigenvalue weighted by Crippen LogP contribution is 2.10. The monoisotopic (exact) mass is 266 g/mol. The number of urea groups is 1. The third-order valence-electron chi connectivity index (χ3n) is 2.67. The number of phenolic OH excluding ortho intramolecular Hbond substituents is 1. The van der Waals surface area contributed by atoms with E-state index in [4.69, 9.17) is 5.11 Å². The molecule has 1 atom stereocenters. The Morgan fingerprint density at radius 3 is 2.68 bits per heavy atom. The Hall–Kier alpha value is -2.24. The lowest BCUT2D eigenvalue weighted by Gasteiger charge is -2.20. The van der Waals surface area contributed by atoms with Crippen LogP contribution in [0, 0.1) is 5.92 Å². The molecule has 104 valence electrons. The predicted molar refractivity (Wildman–Crippen MR) is 69.8 cm³/mol. The maximum absolute atomic E-state index is 11.7. The number of hydrogen-bond acceptors (Lipinski definition) is 3. The van der Waals surface area contributed by atoms with Crippen LogP contribution >= 0.6 is 0 Å². The molecule has 6 heteroatoms. The first-order valence-corrected chi connectivity index (χ1v) is 5.90. The number of carbonyl (C=O) groups excluding carboxylic acids is 1. The lowest BCUT2D eigenvalue weighted by atomic mass is 10.2. The van der Waals surface area contributed by atoms with Crippen LogP contribution in [0.2, 0.25) is 0 Å². The molecule has 0 spiro atoms. The summed E-state index contributed by atoms with van der Waals surface area (Å²) in [5.41, 5.74) is 0.771. The largest absolute Gasteiger partial charge is 0.508 e. The van der Waals surface area contributed by atoms with Gasteiger partial charge in [0.15, 0.2) is 0 Å². The first-order chi connectivity index (χ1) is 8.90. The van der Waals surface area contributed by atoms with Crippen LogP contribution in [-0.4, -0.2) is 40.7 Å². The smallest absolute Gasteiger partial charge is 0.317 e. The number of carboxylic acid groups (broad SMARTS) is 1. The highest BCUT2D eigenvalue weighted by Gasteiger charge is 2.16. The SMILES string of the molecule is CC(CN(C)C(=O)NCc1cccc(O)c1)C(=O)O. The zero-order valence-corrected chi connectivity index (χ0v) is 11.0. The number of aliphatic carboxylic acids is 1. The molecule has 3 N–H and O–H groups in total. The Balaban J connectivity index is 2.44. The predicted octanol–water partition coefficient (Wildman–Crippen LogP) is 1.25. The molecule has 1 aromatic carbocycles. The minimum atomic E-state index is -0.937. The summed E-state index contributed by atoms with van der Waals surface area (Å²) in [4.78, 5) is 23.7. The van der Waals surface area contributed by atoms with Crippen molar-refractivity contribution in [3.63, 3.8) is 0 Å². The third-order valence-corrected chi connectivity index (χ3v) is 2.67. The van der Waals surface area contributed by atoms with E-state index in [9.17, 15) is 14.7 Å². The molecule has 1 aromatic rings. The summed E-state index contributed by atoms with van der Waals surface area (Å²) in [5.74, 6) is -1.41. The van der Waals surface area contributed by atoms with Gasteiger partial charge in [0.1, 0.15) is 5.75 Å². The van der Waals surface area contributed by atoms with Crippen molar-refractivity contribution in [3.05, 3.63) is 29.8 Å². The van der Waals surface area contributed by atoms with Crippen molar-refractivity contribution in [1.82, 2.24) is 10.2 Å². The Morgan fingerprint density at radius 1 is 1.42 bits per heavy atom. The van der Waals surface area contributed by atoms with Gasteiger partial charge in [-0.05, 0) is 17.7 Å². The first kappa shape index (κ1) is 14.8. The minimum absolute atomic E-state index is 0.139. The molecule has 19 heavy (non-hydrogen) atoms. The summed E-state index contributed by atoms with van der Waals surface area (Å²) in [7, 11) is 1.54. The molecule has 1 rings (SSSR count). The van der Waals surface area contributed by atoms with E-state index >= 15 is 0 Å². The van der Waals surface area contributed by atoms with Gasteiger partial charge in [0.05, 0.1) is 5.92 Å². The minimum Gasteiger partial charge on any atom is -0.508 e. The lowest BCUT2D eigenvalue weighted by Crippen LogP contribution is -2.40. The van der Waals surface area contributed by atoms with E-state index < -0.39 is 11.9 Å². The number of nitrogens with zero attached hydrogens (tertiary/aromatic N) is 1. The van der Waals surface area contributed by atoms with E-state index in [1.165, 1.54) is 11.9 Å². The fraction of sp³-hybridized carbons (Fsp3) is 0.385. The Labute approximate surface area is 111 Å². The van der Waals surface area contributed by atoms with Crippen molar-refractivity contribution in [3.8, 4) is 5.75 Å². The second kappa shape index (κ2) is 6.63. The van der Waals surface area contributed by atoms with E-state index in [1.54, 1.807) is 31.2 Å². The second-order valence-electron chi connectivity index (χ2n) is 4.45. The van der Waals surface area contributed by atoms with Crippen LogP contribution in [-0.2, 0) is 11.3 Å².